The molecule has 41 heavy (non-hydrogen) atoms. The molecule has 0 spiro atoms. The predicted molar refractivity (Wildman–Crippen MR) is 167 cm³/mol. The molecule has 1 aliphatic carbocycles. The Morgan fingerprint density at radius 3 is 2.05 bits per heavy atom. The summed E-state index contributed by atoms with van der Waals surface area (Å²) in [5.41, 5.74) is 11.3. The van der Waals surface area contributed by atoms with Crippen molar-refractivity contribution in [1.82, 2.24) is 14.5 Å². The fraction of sp³-hybridized carbons (Fsp3) is 0.0811. The van der Waals surface area contributed by atoms with E-state index in [1.807, 2.05) is 18.2 Å². The van der Waals surface area contributed by atoms with Crippen molar-refractivity contribution in [1.29, 1.82) is 0 Å². The maximum Gasteiger partial charge on any atom is 0.236 e. The molecule has 3 aromatic heterocycles. The van der Waals surface area contributed by atoms with E-state index in [0.717, 1.165) is 44.4 Å². The fourth-order valence-corrected chi connectivity index (χ4v) is 7.02. The van der Waals surface area contributed by atoms with Gasteiger partial charge < -0.3 is 4.42 Å². The third kappa shape index (κ3) is 2.94. The zero-order valence-electron chi connectivity index (χ0n) is 22.7. The van der Waals surface area contributed by atoms with Crippen molar-refractivity contribution in [2.45, 2.75) is 19.3 Å². The van der Waals surface area contributed by atoms with Crippen LogP contribution in [0.25, 0.3) is 72.2 Å². The topological polar surface area (TPSA) is 43.9 Å². The Morgan fingerprint density at radius 2 is 1.29 bits per heavy atom. The molecule has 8 aromatic rings. The number of fused-ring (bicyclic) bond motifs is 10. The lowest BCUT2D eigenvalue weighted by molar-refractivity contribution is 0.656. The van der Waals surface area contributed by atoms with Crippen molar-refractivity contribution in [2.75, 3.05) is 0 Å². The quantitative estimate of drug-likeness (QED) is 0.225. The van der Waals surface area contributed by atoms with Crippen LogP contribution in [0.5, 0.6) is 0 Å². The lowest BCUT2D eigenvalue weighted by Gasteiger charge is -2.22. The maximum atomic E-state index is 6.67. The first-order valence-corrected chi connectivity index (χ1v) is 14.0. The molecule has 5 aromatic carbocycles. The molecular formula is C37H25N3O. The van der Waals surface area contributed by atoms with Crippen molar-refractivity contribution in [3.8, 4) is 28.3 Å². The summed E-state index contributed by atoms with van der Waals surface area (Å²) in [5, 5.41) is 3.44. The van der Waals surface area contributed by atoms with Crippen LogP contribution in [-0.4, -0.2) is 14.5 Å². The molecule has 0 radical (unpaired) electrons. The first-order valence-electron chi connectivity index (χ1n) is 14.0. The molecule has 4 heteroatoms. The molecule has 0 saturated heterocycles. The summed E-state index contributed by atoms with van der Waals surface area (Å²) < 4.78 is 8.86. The molecule has 1 aliphatic rings. The Labute approximate surface area is 236 Å². The molecule has 0 saturated carbocycles. The van der Waals surface area contributed by atoms with Gasteiger partial charge in [0.1, 0.15) is 16.8 Å². The van der Waals surface area contributed by atoms with Gasteiger partial charge in [0.05, 0.1) is 16.4 Å². The summed E-state index contributed by atoms with van der Waals surface area (Å²) in [6.45, 7) is 4.62. The molecule has 9 rings (SSSR count). The lowest BCUT2D eigenvalue weighted by atomic mass is 9.81. The predicted octanol–water partition coefficient (Wildman–Crippen LogP) is 9.45. The van der Waals surface area contributed by atoms with Crippen molar-refractivity contribution in [3.63, 3.8) is 0 Å². The largest absolute Gasteiger partial charge is 0.452 e. The van der Waals surface area contributed by atoms with Gasteiger partial charge in [-0.3, -0.25) is 4.57 Å². The van der Waals surface area contributed by atoms with E-state index in [1.165, 1.54) is 33.0 Å². The van der Waals surface area contributed by atoms with E-state index >= 15 is 0 Å². The summed E-state index contributed by atoms with van der Waals surface area (Å²) >= 11 is 0. The number of benzene rings is 5. The second-order valence-corrected chi connectivity index (χ2v) is 11.4. The highest BCUT2D eigenvalue weighted by atomic mass is 16.3. The number of aromatic nitrogens is 3. The summed E-state index contributed by atoms with van der Waals surface area (Å²) in [7, 11) is 0. The van der Waals surface area contributed by atoms with Crippen LogP contribution in [0, 0.1) is 0 Å². The fourth-order valence-electron chi connectivity index (χ4n) is 7.02. The minimum atomic E-state index is -0.201. The van der Waals surface area contributed by atoms with Crippen molar-refractivity contribution >= 4 is 43.9 Å². The lowest BCUT2D eigenvalue weighted by Crippen LogP contribution is -2.15. The van der Waals surface area contributed by atoms with Gasteiger partial charge in [0.2, 0.25) is 5.95 Å². The number of furan rings is 1. The third-order valence-electron chi connectivity index (χ3n) is 8.81. The summed E-state index contributed by atoms with van der Waals surface area (Å²) in [6, 6.07) is 40.3. The molecule has 3 heterocycles. The van der Waals surface area contributed by atoms with E-state index in [1.54, 1.807) is 0 Å². The second-order valence-electron chi connectivity index (χ2n) is 11.4. The average Bonchev–Trinajstić information content (AvgIpc) is 3.63. The zero-order valence-corrected chi connectivity index (χ0v) is 22.7. The van der Waals surface area contributed by atoms with E-state index in [2.05, 4.69) is 115 Å². The molecule has 0 fully saturated rings. The zero-order chi connectivity index (χ0) is 27.3. The first kappa shape index (κ1) is 22.6. The summed E-state index contributed by atoms with van der Waals surface area (Å²) in [6.07, 6.45) is 0. The highest BCUT2D eigenvalue weighted by Gasteiger charge is 2.38. The second kappa shape index (κ2) is 7.92. The van der Waals surface area contributed by atoms with Gasteiger partial charge in [-0.15, -0.1) is 0 Å². The SMILES string of the molecule is CC1(C)c2ccccc2-c2ccc3oc4c(-c5ccccc5)nc(-n5c6ccccc6c6ccccc65)nc4c3c21. The Kier molecular flexibility index (Phi) is 4.36. The van der Waals surface area contributed by atoms with Crippen LogP contribution in [0.4, 0.5) is 0 Å². The molecule has 0 aliphatic heterocycles. The van der Waals surface area contributed by atoms with Gasteiger partial charge in [0.25, 0.3) is 0 Å². The average molecular weight is 528 g/mol. The van der Waals surface area contributed by atoms with Crippen molar-refractivity contribution in [3.05, 3.63) is 126 Å². The molecule has 0 atom stereocenters. The Hall–Kier alpha value is -5.22. The number of hydrogen-bond donors (Lipinski definition) is 0. The van der Waals surface area contributed by atoms with Crippen LogP contribution in [0.1, 0.15) is 25.0 Å². The van der Waals surface area contributed by atoms with Crippen LogP contribution in [0.15, 0.2) is 120 Å². The van der Waals surface area contributed by atoms with Gasteiger partial charge in [-0.1, -0.05) is 111 Å². The normalized spacial score (nSPS) is 13.8. The van der Waals surface area contributed by atoms with E-state index in [9.17, 15) is 0 Å². The highest BCUT2D eigenvalue weighted by Crippen LogP contribution is 2.53. The Balaban J connectivity index is 1.46. The standard InChI is InChI=1S/C37H25N3O/c1-37(2)27-17-9-6-14-23(27)26-20-21-30-31(32(26)37)34-35(41-30)33(22-12-4-3-5-13-22)38-36(39-34)40-28-18-10-7-15-24(28)25-16-8-11-19-29(25)40/h3-21H,1-2H3. The van der Waals surface area contributed by atoms with Gasteiger partial charge in [-0.2, -0.15) is 0 Å². The molecule has 194 valence electrons. The Bertz CT molecular complexity index is 2290. The maximum absolute atomic E-state index is 6.67. The van der Waals surface area contributed by atoms with Gasteiger partial charge >= 0.3 is 0 Å². The van der Waals surface area contributed by atoms with E-state index < -0.39 is 0 Å². The van der Waals surface area contributed by atoms with Gasteiger partial charge in [0, 0.05) is 21.8 Å². The molecule has 4 nitrogen and oxygen atoms in total. The van der Waals surface area contributed by atoms with Crippen LogP contribution in [0.2, 0.25) is 0 Å². The molecular weight excluding hydrogens is 502 g/mol. The van der Waals surface area contributed by atoms with Gasteiger partial charge in [-0.05, 0) is 40.5 Å². The summed E-state index contributed by atoms with van der Waals surface area (Å²) in [4.78, 5) is 10.6. The number of para-hydroxylation sites is 2. The van der Waals surface area contributed by atoms with Crippen LogP contribution in [-0.2, 0) is 5.41 Å². The monoisotopic (exact) mass is 527 g/mol. The van der Waals surface area contributed by atoms with Crippen LogP contribution in [0.3, 0.4) is 0 Å². The minimum Gasteiger partial charge on any atom is -0.452 e. The minimum absolute atomic E-state index is 0.201. The van der Waals surface area contributed by atoms with E-state index in [4.69, 9.17) is 14.4 Å². The highest BCUT2D eigenvalue weighted by molar-refractivity contribution is 6.13. The molecule has 0 unspecified atom stereocenters. The Morgan fingerprint density at radius 1 is 0.634 bits per heavy atom. The number of nitrogens with zero attached hydrogens (tertiary/aromatic N) is 3. The van der Waals surface area contributed by atoms with E-state index in [-0.39, 0.29) is 5.41 Å². The van der Waals surface area contributed by atoms with Crippen molar-refractivity contribution < 1.29 is 4.42 Å². The first-order chi connectivity index (χ1) is 20.1. The van der Waals surface area contributed by atoms with Gasteiger partial charge in [0.15, 0.2) is 5.58 Å². The summed E-state index contributed by atoms with van der Waals surface area (Å²) in [5.74, 6) is 0.641. The van der Waals surface area contributed by atoms with Crippen LogP contribution < -0.4 is 0 Å². The number of hydrogen-bond acceptors (Lipinski definition) is 3. The number of rotatable bonds is 2. The third-order valence-corrected chi connectivity index (χ3v) is 8.81. The molecule has 0 bridgehead atoms. The molecule has 0 amide bonds. The van der Waals surface area contributed by atoms with Crippen LogP contribution >= 0.6 is 0 Å². The van der Waals surface area contributed by atoms with Crippen molar-refractivity contribution in [2.24, 2.45) is 0 Å². The van der Waals surface area contributed by atoms with Gasteiger partial charge in [-0.25, -0.2) is 9.97 Å². The smallest absolute Gasteiger partial charge is 0.236 e. The van der Waals surface area contributed by atoms with E-state index in [0.29, 0.717) is 5.95 Å². The molecule has 0 N–H and O–H groups in total.